The van der Waals surface area contributed by atoms with E-state index in [1.165, 1.54) is 26.2 Å². The zero-order valence-corrected chi connectivity index (χ0v) is 8.30. The van der Waals surface area contributed by atoms with Crippen molar-refractivity contribution in [1.29, 1.82) is 0 Å². The van der Waals surface area contributed by atoms with Gasteiger partial charge in [-0.15, -0.1) is 0 Å². The van der Waals surface area contributed by atoms with E-state index in [1.807, 2.05) is 0 Å². The molecular formula is C7H12N2O3S. The zero-order valence-electron chi connectivity index (χ0n) is 7.48. The maximum Gasteiger partial charge on any atom is 0.225 e. The summed E-state index contributed by atoms with van der Waals surface area (Å²) >= 11 is 0. The number of rotatable bonds is 3. The summed E-state index contributed by atoms with van der Waals surface area (Å²) in [7, 11) is -3.49. The third kappa shape index (κ3) is 2.82. The molecule has 0 atom stereocenters. The van der Waals surface area contributed by atoms with Crippen LogP contribution in [0.3, 0.4) is 0 Å². The molecule has 0 unspecified atom stereocenters. The van der Waals surface area contributed by atoms with Gasteiger partial charge in [0.2, 0.25) is 15.0 Å². The van der Waals surface area contributed by atoms with E-state index in [0.29, 0.717) is 0 Å². The molecule has 74 valence electrons. The lowest BCUT2D eigenvalue weighted by molar-refractivity contribution is 0.105. The van der Waals surface area contributed by atoms with Crippen molar-refractivity contribution in [3.8, 4) is 0 Å². The van der Waals surface area contributed by atoms with Gasteiger partial charge in [0.1, 0.15) is 0 Å². The normalized spacial score (nSPS) is 13.2. The highest BCUT2D eigenvalue weighted by atomic mass is 32.2. The smallest absolute Gasteiger partial charge is 0.225 e. The number of sulfone groups is 1. The number of aromatic nitrogens is 2. The average molecular weight is 204 g/mol. The molecule has 1 aromatic rings. The quantitative estimate of drug-likeness (QED) is 0.723. The summed E-state index contributed by atoms with van der Waals surface area (Å²) in [6, 6.07) is 0. The van der Waals surface area contributed by atoms with Gasteiger partial charge in [0.15, 0.2) is 0 Å². The molecule has 5 nitrogen and oxygen atoms in total. The number of imidazole rings is 1. The standard InChI is InChI=1S/C7H12N2O3S/c1-7(2,10)5-13(11,12)6-8-3-4-9-6/h3-4,10H,5H2,1-2H3,(H,8,9). The SMILES string of the molecule is CC(C)(O)CS(=O)(=O)c1ncc[nH]1. The lowest BCUT2D eigenvalue weighted by Crippen LogP contribution is -2.30. The summed E-state index contributed by atoms with van der Waals surface area (Å²) < 4.78 is 22.9. The number of aromatic amines is 1. The first kappa shape index (κ1) is 10.2. The van der Waals surface area contributed by atoms with E-state index in [4.69, 9.17) is 0 Å². The lowest BCUT2D eigenvalue weighted by Gasteiger charge is -2.15. The fourth-order valence-corrected chi connectivity index (χ4v) is 2.49. The Morgan fingerprint density at radius 3 is 2.62 bits per heavy atom. The van der Waals surface area contributed by atoms with Crippen LogP contribution in [0.15, 0.2) is 17.6 Å². The van der Waals surface area contributed by atoms with Gasteiger partial charge in [-0.1, -0.05) is 0 Å². The van der Waals surface area contributed by atoms with E-state index >= 15 is 0 Å². The summed E-state index contributed by atoms with van der Waals surface area (Å²) in [5, 5.41) is 9.23. The Kier molecular flexibility index (Phi) is 2.44. The van der Waals surface area contributed by atoms with Gasteiger partial charge >= 0.3 is 0 Å². The van der Waals surface area contributed by atoms with Crippen LogP contribution in [0.5, 0.6) is 0 Å². The van der Waals surface area contributed by atoms with Crippen molar-refractivity contribution in [2.75, 3.05) is 5.75 Å². The van der Waals surface area contributed by atoms with Crippen LogP contribution in [0.2, 0.25) is 0 Å². The van der Waals surface area contributed by atoms with Gasteiger partial charge in [-0.25, -0.2) is 13.4 Å². The number of H-pyrrole nitrogens is 1. The number of hydrogen-bond acceptors (Lipinski definition) is 4. The predicted octanol–water partition coefficient (Wildman–Crippen LogP) is -0.0457. The van der Waals surface area contributed by atoms with Crippen molar-refractivity contribution in [1.82, 2.24) is 9.97 Å². The molecule has 0 radical (unpaired) electrons. The van der Waals surface area contributed by atoms with E-state index in [-0.39, 0.29) is 10.9 Å². The molecule has 0 aromatic carbocycles. The summed E-state index contributed by atoms with van der Waals surface area (Å²) in [4.78, 5) is 6.11. The first-order valence-electron chi connectivity index (χ1n) is 3.76. The molecule has 0 aliphatic rings. The molecule has 1 aromatic heterocycles. The van der Waals surface area contributed by atoms with Gasteiger partial charge in [-0.05, 0) is 13.8 Å². The molecule has 0 bridgehead atoms. The van der Waals surface area contributed by atoms with Crippen LogP contribution >= 0.6 is 0 Å². The summed E-state index contributed by atoms with van der Waals surface area (Å²) in [6.07, 6.45) is 2.79. The average Bonchev–Trinajstić information content (AvgIpc) is 2.29. The van der Waals surface area contributed by atoms with E-state index in [2.05, 4.69) is 9.97 Å². The highest BCUT2D eigenvalue weighted by Crippen LogP contribution is 2.11. The molecule has 0 fully saturated rings. The molecule has 2 N–H and O–H groups in total. The van der Waals surface area contributed by atoms with Gasteiger partial charge in [0.25, 0.3) is 0 Å². The minimum atomic E-state index is -3.49. The van der Waals surface area contributed by atoms with Gasteiger partial charge in [-0.3, -0.25) is 0 Å². The van der Waals surface area contributed by atoms with E-state index < -0.39 is 15.4 Å². The van der Waals surface area contributed by atoms with Gasteiger partial charge in [0, 0.05) is 12.4 Å². The molecular weight excluding hydrogens is 192 g/mol. The molecule has 0 saturated carbocycles. The first-order chi connectivity index (χ1) is 5.81. The second-order valence-electron chi connectivity index (χ2n) is 3.47. The van der Waals surface area contributed by atoms with Gasteiger partial charge in [0.05, 0.1) is 11.4 Å². The number of nitrogens with one attached hydrogen (secondary N) is 1. The Morgan fingerprint density at radius 2 is 2.23 bits per heavy atom. The molecule has 0 aliphatic carbocycles. The van der Waals surface area contributed by atoms with Crippen molar-refractivity contribution >= 4 is 9.84 Å². The first-order valence-corrected chi connectivity index (χ1v) is 5.41. The predicted molar refractivity (Wildman–Crippen MR) is 46.9 cm³/mol. The van der Waals surface area contributed by atoms with Crippen LogP contribution in [-0.2, 0) is 9.84 Å². The highest BCUT2D eigenvalue weighted by molar-refractivity contribution is 7.91. The van der Waals surface area contributed by atoms with Crippen LogP contribution in [0.25, 0.3) is 0 Å². The fourth-order valence-electron chi connectivity index (χ4n) is 0.954. The van der Waals surface area contributed by atoms with Crippen LogP contribution < -0.4 is 0 Å². The second-order valence-corrected chi connectivity index (χ2v) is 5.37. The van der Waals surface area contributed by atoms with E-state index in [9.17, 15) is 13.5 Å². The summed E-state index contributed by atoms with van der Waals surface area (Å²) in [6.45, 7) is 2.88. The number of aliphatic hydroxyl groups is 1. The summed E-state index contributed by atoms with van der Waals surface area (Å²) in [5.74, 6) is -0.340. The Morgan fingerprint density at radius 1 is 1.62 bits per heavy atom. The highest BCUT2D eigenvalue weighted by Gasteiger charge is 2.26. The molecule has 6 heteroatoms. The maximum atomic E-state index is 11.5. The van der Waals surface area contributed by atoms with Crippen molar-refractivity contribution in [2.45, 2.75) is 24.6 Å². The lowest BCUT2D eigenvalue weighted by atomic mass is 10.2. The number of nitrogens with zero attached hydrogens (tertiary/aromatic N) is 1. The molecule has 0 aliphatic heterocycles. The third-order valence-corrected chi connectivity index (χ3v) is 3.21. The topological polar surface area (TPSA) is 83.0 Å². The van der Waals surface area contributed by atoms with Crippen molar-refractivity contribution < 1.29 is 13.5 Å². The van der Waals surface area contributed by atoms with Crippen LogP contribution in [0.1, 0.15) is 13.8 Å². The van der Waals surface area contributed by atoms with E-state index in [1.54, 1.807) is 0 Å². The van der Waals surface area contributed by atoms with E-state index in [0.717, 1.165) is 0 Å². The van der Waals surface area contributed by atoms with Crippen LogP contribution in [0.4, 0.5) is 0 Å². The van der Waals surface area contributed by atoms with Crippen molar-refractivity contribution in [3.05, 3.63) is 12.4 Å². The monoisotopic (exact) mass is 204 g/mol. The molecule has 0 saturated heterocycles. The van der Waals surface area contributed by atoms with Crippen LogP contribution in [-0.4, -0.2) is 34.8 Å². The minimum absolute atomic E-state index is 0.102. The second kappa shape index (κ2) is 3.12. The zero-order chi connectivity index (χ0) is 10.1. The Balaban J connectivity index is 2.93. The van der Waals surface area contributed by atoms with Gasteiger partial charge in [-0.2, -0.15) is 0 Å². The Hall–Kier alpha value is -0.880. The largest absolute Gasteiger partial charge is 0.389 e. The number of hydrogen-bond donors (Lipinski definition) is 2. The van der Waals surface area contributed by atoms with Crippen molar-refractivity contribution in [2.24, 2.45) is 0 Å². The fraction of sp³-hybridized carbons (Fsp3) is 0.571. The Bertz CT molecular complexity index is 361. The molecule has 1 heterocycles. The molecule has 0 amide bonds. The maximum absolute atomic E-state index is 11.5. The Labute approximate surface area is 76.7 Å². The van der Waals surface area contributed by atoms with Crippen LogP contribution in [0, 0.1) is 0 Å². The molecule has 1 rings (SSSR count). The van der Waals surface area contributed by atoms with Gasteiger partial charge < -0.3 is 10.1 Å². The third-order valence-electron chi connectivity index (χ3n) is 1.31. The summed E-state index contributed by atoms with van der Waals surface area (Å²) in [5.41, 5.74) is -1.24. The van der Waals surface area contributed by atoms with Crippen molar-refractivity contribution in [3.63, 3.8) is 0 Å². The minimum Gasteiger partial charge on any atom is -0.389 e. The molecule has 0 spiro atoms. The molecule has 13 heavy (non-hydrogen) atoms.